The minimum atomic E-state index is 0.721. The molecule has 0 saturated carbocycles. The predicted molar refractivity (Wildman–Crippen MR) is 55.3 cm³/mol. The van der Waals surface area contributed by atoms with Gasteiger partial charge in [-0.1, -0.05) is 27.2 Å². The van der Waals surface area contributed by atoms with Crippen LogP contribution in [-0.4, -0.2) is 30.7 Å². The van der Waals surface area contributed by atoms with Crippen molar-refractivity contribution in [2.24, 2.45) is 0 Å². The molecule has 74 valence electrons. The van der Waals surface area contributed by atoms with E-state index < -0.39 is 0 Å². The Morgan fingerprint density at radius 3 is 2.33 bits per heavy atom. The van der Waals surface area contributed by atoms with Crippen LogP contribution in [0.2, 0.25) is 0 Å². The third kappa shape index (κ3) is 4.73. The molecule has 0 amide bonds. The summed E-state index contributed by atoms with van der Waals surface area (Å²) >= 11 is 0. The summed E-state index contributed by atoms with van der Waals surface area (Å²) in [5.41, 5.74) is 0. The summed E-state index contributed by atoms with van der Waals surface area (Å²) in [5, 5.41) is 3.36. The lowest BCUT2D eigenvalue weighted by Crippen LogP contribution is -2.40. The first-order valence-corrected chi connectivity index (χ1v) is 5.20. The maximum atomic E-state index is 3.36. The molecule has 1 atom stereocenters. The maximum absolute atomic E-state index is 3.36. The highest BCUT2D eigenvalue weighted by Gasteiger charge is 2.08. The molecule has 0 rings (SSSR count). The molecule has 2 nitrogen and oxygen atoms in total. The van der Waals surface area contributed by atoms with Gasteiger partial charge in [0.15, 0.2) is 0 Å². The van der Waals surface area contributed by atoms with Gasteiger partial charge in [0.05, 0.1) is 0 Å². The molecule has 1 unspecified atom stereocenters. The van der Waals surface area contributed by atoms with E-state index in [0.29, 0.717) is 0 Å². The number of nitrogens with zero attached hydrogens (tertiary/aromatic N) is 1. The van der Waals surface area contributed by atoms with Gasteiger partial charge in [-0.25, -0.2) is 0 Å². The van der Waals surface area contributed by atoms with Crippen molar-refractivity contribution in [1.82, 2.24) is 10.2 Å². The van der Waals surface area contributed by atoms with Gasteiger partial charge < -0.3 is 5.32 Å². The van der Waals surface area contributed by atoms with Crippen LogP contribution in [0.3, 0.4) is 0 Å². The number of hydrogen-bond acceptors (Lipinski definition) is 2. The highest BCUT2D eigenvalue weighted by molar-refractivity contribution is 4.63. The van der Waals surface area contributed by atoms with E-state index in [2.05, 4.69) is 37.9 Å². The van der Waals surface area contributed by atoms with E-state index in [1.165, 1.54) is 12.8 Å². The van der Waals surface area contributed by atoms with E-state index >= 15 is 0 Å². The lowest BCUT2D eigenvalue weighted by Gasteiger charge is -2.27. The van der Waals surface area contributed by atoms with Crippen LogP contribution in [0.1, 0.15) is 40.5 Å². The van der Waals surface area contributed by atoms with Crippen molar-refractivity contribution in [1.29, 1.82) is 0 Å². The average Bonchev–Trinajstić information content (AvgIpc) is 2.06. The third-order valence-corrected chi connectivity index (χ3v) is 2.30. The Labute approximate surface area is 77.3 Å². The smallest absolute Gasteiger partial charge is 0.0482 e. The molecule has 0 radical (unpaired) electrons. The minimum absolute atomic E-state index is 0.721. The first kappa shape index (κ1) is 11.9. The monoisotopic (exact) mass is 172 g/mol. The first-order chi connectivity index (χ1) is 5.76. The van der Waals surface area contributed by atoms with E-state index in [-0.39, 0.29) is 0 Å². The second kappa shape index (κ2) is 7.56. The Bertz CT molecular complexity index is 93.8. The molecule has 0 bridgehead atoms. The Balaban J connectivity index is 3.62. The Morgan fingerprint density at radius 1 is 1.25 bits per heavy atom. The van der Waals surface area contributed by atoms with Crippen LogP contribution in [0.5, 0.6) is 0 Å². The van der Waals surface area contributed by atoms with Crippen molar-refractivity contribution in [3.05, 3.63) is 0 Å². The molecule has 2 heteroatoms. The standard InChI is InChI=1S/C10H24N2/c1-5-8-10(4)12(7-3)9-11-6-2/h10-11H,5-9H2,1-4H3. The van der Waals surface area contributed by atoms with Crippen LogP contribution < -0.4 is 5.32 Å². The molecule has 0 aromatic heterocycles. The van der Waals surface area contributed by atoms with E-state index in [9.17, 15) is 0 Å². The molecular weight excluding hydrogens is 148 g/mol. The van der Waals surface area contributed by atoms with E-state index in [1.54, 1.807) is 0 Å². The summed E-state index contributed by atoms with van der Waals surface area (Å²) in [4.78, 5) is 2.48. The van der Waals surface area contributed by atoms with Gasteiger partial charge in [0.1, 0.15) is 0 Å². The Morgan fingerprint density at radius 2 is 1.92 bits per heavy atom. The van der Waals surface area contributed by atoms with Crippen molar-refractivity contribution in [2.75, 3.05) is 19.8 Å². The second-order valence-electron chi connectivity index (χ2n) is 3.30. The van der Waals surface area contributed by atoms with Gasteiger partial charge in [-0.3, -0.25) is 4.90 Å². The lowest BCUT2D eigenvalue weighted by molar-refractivity contribution is 0.194. The van der Waals surface area contributed by atoms with Crippen LogP contribution in [0.4, 0.5) is 0 Å². The summed E-state index contributed by atoms with van der Waals surface area (Å²) in [6.07, 6.45) is 2.59. The lowest BCUT2D eigenvalue weighted by atomic mass is 10.2. The summed E-state index contributed by atoms with van der Waals surface area (Å²) < 4.78 is 0. The molecule has 0 spiro atoms. The number of nitrogens with one attached hydrogen (secondary N) is 1. The second-order valence-corrected chi connectivity index (χ2v) is 3.30. The average molecular weight is 172 g/mol. The van der Waals surface area contributed by atoms with Crippen LogP contribution >= 0.6 is 0 Å². The highest BCUT2D eigenvalue weighted by atomic mass is 15.2. The van der Waals surface area contributed by atoms with Crippen molar-refractivity contribution >= 4 is 0 Å². The SMILES string of the molecule is CCCC(C)N(CC)CNCC. The van der Waals surface area contributed by atoms with Crippen molar-refractivity contribution in [2.45, 2.75) is 46.6 Å². The van der Waals surface area contributed by atoms with Gasteiger partial charge >= 0.3 is 0 Å². The fraction of sp³-hybridized carbons (Fsp3) is 1.00. The molecule has 0 aromatic rings. The minimum Gasteiger partial charge on any atom is -0.305 e. The summed E-state index contributed by atoms with van der Waals surface area (Å²) in [7, 11) is 0. The zero-order chi connectivity index (χ0) is 9.40. The third-order valence-electron chi connectivity index (χ3n) is 2.30. The van der Waals surface area contributed by atoms with Crippen LogP contribution in [-0.2, 0) is 0 Å². The molecule has 0 heterocycles. The molecule has 12 heavy (non-hydrogen) atoms. The van der Waals surface area contributed by atoms with E-state index in [4.69, 9.17) is 0 Å². The maximum Gasteiger partial charge on any atom is 0.0482 e. The highest BCUT2D eigenvalue weighted by Crippen LogP contribution is 2.04. The van der Waals surface area contributed by atoms with Gasteiger partial charge in [0.25, 0.3) is 0 Å². The molecule has 0 aromatic carbocycles. The van der Waals surface area contributed by atoms with Gasteiger partial charge in [-0.05, 0) is 26.4 Å². The molecule has 0 saturated heterocycles. The fourth-order valence-electron chi connectivity index (χ4n) is 1.44. The normalized spacial score (nSPS) is 13.8. The van der Waals surface area contributed by atoms with Crippen LogP contribution in [0, 0.1) is 0 Å². The summed E-state index contributed by atoms with van der Waals surface area (Å²) in [6, 6.07) is 0.721. The number of hydrogen-bond donors (Lipinski definition) is 1. The fourth-order valence-corrected chi connectivity index (χ4v) is 1.44. The van der Waals surface area contributed by atoms with Crippen LogP contribution in [0.25, 0.3) is 0 Å². The topological polar surface area (TPSA) is 15.3 Å². The molecule has 0 aliphatic rings. The zero-order valence-corrected chi connectivity index (χ0v) is 9.06. The molecule has 0 fully saturated rings. The summed E-state index contributed by atoms with van der Waals surface area (Å²) in [5.74, 6) is 0. The van der Waals surface area contributed by atoms with Gasteiger partial charge in [-0.15, -0.1) is 0 Å². The first-order valence-electron chi connectivity index (χ1n) is 5.20. The van der Waals surface area contributed by atoms with Crippen LogP contribution in [0.15, 0.2) is 0 Å². The summed E-state index contributed by atoms with van der Waals surface area (Å²) in [6.45, 7) is 12.2. The van der Waals surface area contributed by atoms with Gasteiger partial charge in [-0.2, -0.15) is 0 Å². The molecule has 0 aliphatic carbocycles. The predicted octanol–water partition coefficient (Wildman–Crippen LogP) is 2.06. The Hall–Kier alpha value is -0.0800. The quantitative estimate of drug-likeness (QED) is 0.591. The number of rotatable bonds is 7. The van der Waals surface area contributed by atoms with Crippen molar-refractivity contribution < 1.29 is 0 Å². The molecule has 0 aliphatic heterocycles. The Kier molecular flexibility index (Phi) is 7.51. The van der Waals surface area contributed by atoms with Crippen molar-refractivity contribution in [3.63, 3.8) is 0 Å². The van der Waals surface area contributed by atoms with E-state index in [1.807, 2.05) is 0 Å². The molecule has 1 N–H and O–H groups in total. The molecular formula is C10H24N2. The van der Waals surface area contributed by atoms with Gasteiger partial charge in [0.2, 0.25) is 0 Å². The van der Waals surface area contributed by atoms with Crippen molar-refractivity contribution in [3.8, 4) is 0 Å². The largest absolute Gasteiger partial charge is 0.305 e. The zero-order valence-electron chi connectivity index (χ0n) is 9.06. The van der Waals surface area contributed by atoms with Gasteiger partial charge in [0, 0.05) is 12.7 Å². The van der Waals surface area contributed by atoms with E-state index in [0.717, 1.165) is 25.8 Å².